The number of ether oxygens (including phenoxy) is 12. The number of anilines is 2. The number of aromatic hydroxyl groups is 2. The molecule has 800 valence electrons. The Kier molecular flexibility index (Phi) is 55.6. The average Bonchev–Trinajstić information content (AvgIpc) is 1.69. The Hall–Kier alpha value is -9.58. The van der Waals surface area contributed by atoms with E-state index < -0.39 is 69.8 Å². The molecule has 4 heterocycles. The molecule has 3 aromatic heterocycles. The minimum absolute atomic E-state index is 0.00498. The van der Waals surface area contributed by atoms with E-state index in [-0.39, 0.29) is 111 Å². The summed E-state index contributed by atoms with van der Waals surface area (Å²) in [7, 11) is 10.3. The summed E-state index contributed by atoms with van der Waals surface area (Å²) in [6, 6.07) is 29.7. The van der Waals surface area contributed by atoms with Gasteiger partial charge in [-0.15, -0.1) is 0 Å². The maximum Gasteiger partial charge on any atom is 0.340 e. The zero-order valence-electron chi connectivity index (χ0n) is 79.3. The topological polar surface area (TPSA) is 512 Å². The zero-order valence-corrected chi connectivity index (χ0v) is 99.4. The fraction of sp³-hybridized carbons (Fsp3) is 0.242. The Morgan fingerprint density at radius 2 is 0.919 bits per heavy atom. The molecular weight excluding hydrogens is 2730 g/mol. The fourth-order valence-corrected chi connectivity index (χ4v) is 18.5. The first-order chi connectivity index (χ1) is 70.3. The van der Waals surface area contributed by atoms with Gasteiger partial charge in [0.05, 0.1) is 192 Å². The van der Waals surface area contributed by atoms with Gasteiger partial charge in [0.25, 0.3) is 22.8 Å². The van der Waals surface area contributed by atoms with Crippen LogP contribution in [0.25, 0.3) is 21.9 Å². The molecule has 37 nitrogen and oxygen atoms in total. The van der Waals surface area contributed by atoms with E-state index in [1.165, 1.54) is 112 Å². The number of carboxylic acids is 1. The number of hydrogen-bond acceptors (Lipinski definition) is 32. The predicted octanol–water partition coefficient (Wildman–Crippen LogP) is 27.2. The molecule has 54 heteroatoms. The van der Waals surface area contributed by atoms with Gasteiger partial charge in [0, 0.05) is 126 Å². The Balaban J connectivity index is 0.000000302. The molecule has 12 aromatic rings. The molecule has 1 aliphatic rings. The number of nitrogens with zero attached hydrogens (tertiary/aromatic N) is 3. The quantitative estimate of drug-likeness (QED) is 0.00478. The minimum Gasteiger partial charge on any atom is -0.508 e. The smallest absolute Gasteiger partial charge is 0.340 e. The van der Waals surface area contributed by atoms with E-state index in [9.17, 15) is 68.2 Å². The summed E-state index contributed by atoms with van der Waals surface area (Å²) < 4.78 is 74.3. The number of halogens is 17. The molecule has 0 bridgehead atoms. The Bertz CT molecular complexity index is 6780. The van der Waals surface area contributed by atoms with Crippen LogP contribution in [0.4, 0.5) is 22.7 Å². The molecule has 0 atom stereocenters. The fourth-order valence-electron chi connectivity index (χ4n) is 12.4. The number of carbonyl (C=O) groups is 9. The highest BCUT2D eigenvalue weighted by molar-refractivity contribution is 14.1. The molecule has 9 aromatic carbocycles. The summed E-state index contributed by atoms with van der Waals surface area (Å²) in [6.07, 6.45) is 4.35. The van der Waals surface area contributed by atoms with Crippen molar-refractivity contribution in [2.24, 2.45) is 0 Å². The number of carboxylic acid groups (broad SMARTS) is 1. The standard InChI is InChI=1S/C24H28ClN3O5.C14H18BrClO5.C10H6BrClO3.C8H5BrClIO2.C8H5BrClNO4.C8H7BrClNO2.C8H6BrClO3.C8H6ClNO4.C7H4BrClO3/c1-4-28(15-5-8-32-9-6-15)18-12-20-16(7-10-33-20)21(22(18)25)24(30)26-13-17-19(31-3)11-14(2)27-23(17)29;1-4-19-12(20-5-2)8-21-9-6-10(14(17)18-3)13(16)11(15)7-9;1-14-10(13)8-5-2-3-15-7(5)4-6(11)9(8)12;1-13-8(12)5-2-4(11)3-6(9)7(5)10;1-15-8(12)5-2-4(11(13)14)3-6(9)7(5)10;2*1-13-8(12)5-2-4(11)3-6(9)7(5)10;1-14-8(11)6-4-5(10(12)13)2-3-7(6)9;8-5-2-3(10)1-4(6(5)9)7(11)12/h7,10-12,15H,4-6,8-9,13H2,1-3H3,(H,26,30)(H,27,29);6-7,12H,4-5,8H2,1-3H3;2-4H,1H3;2-3H,1H3;2-3H,1H3;2-3H,11H2,1H3;2-3,11H,1H3;2-4H,1H3;1-2,10H,(H,11,12). The van der Waals surface area contributed by atoms with Gasteiger partial charge in [-0.1, -0.05) is 104 Å². The number of phenolic OH excluding ortho intramolecular Hbond substituents is 2. The third kappa shape index (κ3) is 37.7. The number of furan rings is 2. The van der Waals surface area contributed by atoms with Gasteiger partial charge >= 0.3 is 47.8 Å². The number of nitro groups is 2. The number of carbonyl (C=O) groups excluding carboxylic acids is 8. The van der Waals surface area contributed by atoms with Gasteiger partial charge in [0.2, 0.25) is 0 Å². The molecule has 0 saturated carbocycles. The number of aryl methyl sites for hydroxylation is 1. The highest BCUT2D eigenvalue weighted by atomic mass is 127. The number of hydrogen-bond donors (Lipinski definition) is 6. The van der Waals surface area contributed by atoms with Crippen LogP contribution in [0.1, 0.15) is 138 Å². The van der Waals surface area contributed by atoms with Crippen LogP contribution in [0.5, 0.6) is 23.0 Å². The molecule has 0 spiro atoms. The number of nitrogen functional groups attached to an aromatic ring is 1. The van der Waals surface area contributed by atoms with Crippen LogP contribution in [-0.2, 0) is 53.9 Å². The predicted molar refractivity (Wildman–Crippen MR) is 596 cm³/mol. The number of rotatable bonds is 24. The lowest BCUT2D eigenvalue weighted by Gasteiger charge is -2.36. The van der Waals surface area contributed by atoms with Gasteiger partial charge in [0.1, 0.15) is 40.8 Å². The second-order valence-electron chi connectivity index (χ2n) is 28.8. The molecule has 13 rings (SSSR count). The number of nitro benzene ring substituents is 2. The van der Waals surface area contributed by atoms with Crippen molar-refractivity contribution >= 4 is 337 Å². The number of fused-ring (bicyclic) bond motifs is 2. The summed E-state index contributed by atoms with van der Waals surface area (Å²) in [6.45, 7) is 10.9. The number of non-ortho nitro benzene ring substituents is 2. The monoisotopic (exact) mass is 2800 g/mol. The lowest BCUT2D eigenvalue weighted by molar-refractivity contribution is -0.385. The number of methoxy groups -OCH3 is 8. The van der Waals surface area contributed by atoms with Crippen LogP contribution in [-0.4, -0.2) is 193 Å². The van der Waals surface area contributed by atoms with Crippen molar-refractivity contribution in [3.8, 4) is 23.0 Å². The summed E-state index contributed by atoms with van der Waals surface area (Å²) in [4.78, 5) is 140. The van der Waals surface area contributed by atoms with Crippen molar-refractivity contribution in [1.82, 2.24) is 10.3 Å². The van der Waals surface area contributed by atoms with Crippen LogP contribution >= 0.6 is 239 Å². The number of nitrogens with two attached hydrogens (primary N) is 1. The zero-order chi connectivity index (χ0) is 112. The van der Waals surface area contributed by atoms with E-state index in [0.717, 1.165) is 46.8 Å². The van der Waals surface area contributed by atoms with Crippen molar-refractivity contribution in [3.05, 3.63) is 306 Å². The van der Waals surface area contributed by atoms with E-state index in [2.05, 4.69) is 189 Å². The van der Waals surface area contributed by atoms with Crippen molar-refractivity contribution in [2.75, 3.05) is 107 Å². The number of phenols is 2. The van der Waals surface area contributed by atoms with E-state index in [4.69, 9.17) is 158 Å². The van der Waals surface area contributed by atoms with Crippen LogP contribution in [0, 0.1) is 30.7 Å². The van der Waals surface area contributed by atoms with E-state index >= 15 is 0 Å². The second-order valence-corrected chi connectivity index (χ2v) is 39.4. The van der Waals surface area contributed by atoms with Crippen LogP contribution < -0.4 is 31.0 Å². The van der Waals surface area contributed by atoms with Crippen LogP contribution in [0.3, 0.4) is 0 Å². The molecule has 0 unspecified atom stereocenters. The first-order valence-corrected chi connectivity index (χ1v) is 51.8. The Morgan fingerprint density at radius 3 is 1.40 bits per heavy atom. The van der Waals surface area contributed by atoms with Gasteiger partial charge in [-0.2, -0.15) is 0 Å². The van der Waals surface area contributed by atoms with Gasteiger partial charge in [-0.3, -0.25) is 29.8 Å². The number of aromatic carboxylic acids is 1. The highest BCUT2D eigenvalue weighted by Gasteiger charge is 2.30. The normalized spacial score (nSPS) is 11.0. The molecule has 1 fully saturated rings. The van der Waals surface area contributed by atoms with E-state index in [1.54, 1.807) is 55.7 Å². The third-order valence-electron chi connectivity index (χ3n) is 19.3. The summed E-state index contributed by atoms with van der Waals surface area (Å²) in [5.74, 6) is -4.79. The Morgan fingerprint density at radius 1 is 0.503 bits per heavy atom. The molecule has 149 heavy (non-hydrogen) atoms. The molecule has 0 aliphatic carbocycles. The molecule has 1 saturated heterocycles. The molecule has 7 N–H and O–H groups in total. The van der Waals surface area contributed by atoms with Crippen molar-refractivity contribution < 1.29 is 134 Å². The first kappa shape index (κ1) is 130. The minimum atomic E-state index is -1.17. The lowest BCUT2D eigenvalue weighted by atomic mass is 10.0. The average molecular weight is 2810 g/mol. The molecule has 1 aliphatic heterocycles. The van der Waals surface area contributed by atoms with Crippen molar-refractivity contribution in [3.63, 3.8) is 0 Å². The molecule has 0 radical (unpaired) electrons. The maximum absolute atomic E-state index is 13.3. The SMILES string of the molecule is CCN(c1cc2occc2c(C(=O)NCc2c(OC)cc(C)[nH]c2=O)c1Cl)C1CCOCC1.CCOC(COc1cc(Br)c(Cl)c(C(=O)OC)c1)OCC.COC(=O)c1c(Cl)c(Br)cc2occc12.COC(=O)c1cc(I)cc(Br)c1Cl.COC(=O)c1cc(N)cc(Br)c1Cl.COC(=O)c1cc(O)cc(Br)c1Cl.COC(=O)c1cc([N+](=O)[O-])cc(Br)c1Cl.COC(=O)c1cc([N+](=O)[O-])ccc1Cl.O=C(O)c1cc(O)cc(Br)c1Cl. The van der Waals surface area contributed by atoms with Crippen LogP contribution in [0.2, 0.25) is 45.2 Å². The number of pyridine rings is 1. The number of aromatic nitrogens is 1. The number of aromatic amines is 1. The number of esters is 7. The van der Waals surface area contributed by atoms with Gasteiger partial charge in [-0.05, 0) is 266 Å². The number of amides is 1. The highest BCUT2D eigenvalue weighted by Crippen LogP contribution is 2.42. The first-order valence-electron chi connectivity index (χ1n) is 41.8. The molecule has 1 amide bonds. The van der Waals surface area contributed by atoms with Crippen LogP contribution in [0.15, 0.2) is 179 Å². The third-order valence-corrected chi connectivity index (χ3v) is 29.5. The van der Waals surface area contributed by atoms with Crippen molar-refractivity contribution in [1.29, 1.82) is 0 Å². The van der Waals surface area contributed by atoms with Crippen molar-refractivity contribution in [2.45, 2.75) is 59.4 Å². The Labute approximate surface area is 966 Å². The largest absolute Gasteiger partial charge is 0.508 e. The number of benzene rings is 9. The maximum atomic E-state index is 13.3. The second kappa shape index (κ2) is 63.8. The van der Waals surface area contributed by atoms with Gasteiger partial charge < -0.3 is 102 Å². The summed E-state index contributed by atoms with van der Waals surface area (Å²) in [5.41, 5.74) is 9.65. The number of H-pyrrole nitrogens is 1. The molecular formula is C95H85Br7Cl9IN6O31. The van der Waals surface area contributed by atoms with Gasteiger partial charge in [-0.25, -0.2) is 38.4 Å². The van der Waals surface area contributed by atoms with E-state index in [1.807, 2.05) is 26.0 Å². The van der Waals surface area contributed by atoms with Gasteiger partial charge in [0.15, 0.2) is 6.29 Å². The van der Waals surface area contributed by atoms with E-state index in [0.29, 0.717) is 140 Å². The summed E-state index contributed by atoms with van der Waals surface area (Å²) >= 11 is 77.6. The summed E-state index contributed by atoms with van der Waals surface area (Å²) in [5, 5.41) is 54.0. The lowest BCUT2D eigenvalue weighted by Crippen LogP contribution is -2.39. The number of nitrogens with one attached hydrogen (secondary N) is 2.